The SMILES string of the molecule is C=CCC(C(=O)c1ccccc1)n1c(C(=O)OC)ccc1C(=O)OC. The van der Waals surface area contributed by atoms with Gasteiger partial charge in [0.05, 0.1) is 14.2 Å². The Morgan fingerprint density at radius 1 is 1.00 bits per heavy atom. The normalized spacial score (nSPS) is 11.4. The summed E-state index contributed by atoms with van der Waals surface area (Å²) in [6, 6.07) is 10.7. The second-order valence-corrected chi connectivity index (χ2v) is 5.23. The number of ketones is 1. The first kappa shape index (κ1) is 18.2. The van der Waals surface area contributed by atoms with Gasteiger partial charge in [0.15, 0.2) is 5.78 Å². The zero-order chi connectivity index (χ0) is 18.4. The molecule has 0 fully saturated rings. The lowest BCUT2D eigenvalue weighted by molar-refractivity contribution is 0.0572. The Kier molecular flexibility index (Phi) is 5.89. The van der Waals surface area contributed by atoms with Crippen LogP contribution in [0.3, 0.4) is 0 Å². The highest BCUT2D eigenvalue weighted by molar-refractivity contribution is 6.01. The fourth-order valence-corrected chi connectivity index (χ4v) is 2.61. The Hall–Kier alpha value is -3.15. The molecule has 0 saturated heterocycles. The molecule has 130 valence electrons. The molecule has 1 unspecified atom stereocenters. The van der Waals surface area contributed by atoms with Gasteiger partial charge in [-0.2, -0.15) is 0 Å². The number of carbonyl (C=O) groups is 3. The number of carbonyl (C=O) groups excluding carboxylic acids is 3. The van der Waals surface area contributed by atoms with Crippen molar-refractivity contribution in [2.75, 3.05) is 14.2 Å². The highest BCUT2D eigenvalue weighted by atomic mass is 16.5. The van der Waals surface area contributed by atoms with Crippen LogP contribution < -0.4 is 0 Å². The molecule has 0 spiro atoms. The second kappa shape index (κ2) is 8.10. The minimum atomic E-state index is -0.821. The Balaban J connectivity index is 2.62. The quantitative estimate of drug-likeness (QED) is 0.439. The van der Waals surface area contributed by atoms with Crippen LogP contribution in [0.2, 0.25) is 0 Å². The van der Waals surface area contributed by atoms with Gasteiger partial charge in [-0.05, 0) is 18.6 Å². The van der Waals surface area contributed by atoms with E-state index in [1.165, 1.54) is 30.9 Å². The maximum absolute atomic E-state index is 13.0. The minimum absolute atomic E-state index is 0.0963. The molecule has 0 radical (unpaired) electrons. The zero-order valence-electron chi connectivity index (χ0n) is 14.1. The van der Waals surface area contributed by atoms with Gasteiger partial charge in [-0.1, -0.05) is 36.4 Å². The van der Waals surface area contributed by atoms with Crippen molar-refractivity contribution in [3.8, 4) is 0 Å². The summed E-state index contributed by atoms with van der Waals surface area (Å²) in [6.07, 6.45) is 1.80. The van der Waals surface area contributed by atoms with E-state index in [1.54, 1.807) is 36.4 Å². The summed E-state index contributed by atoms with van der Waals surface area (Å²) in [5.74, 6) is -1.54. The first-order valence-corrected chi connectivity index (χ1v) is 7.63. The number of aromatic nitrogens is 1. The number of allylic oxidation sites excluding steroid dienone is 1. The predicted octanol–water partition coefficient (Wildman–Crippen LogP) is 3.06. The molecule has 1 heterocycles. The Morgan fingerprint density at radius 2 is 1.52 bits per heavy atom. The van der Waals surface area contributed by atoms with Gasteiger partial charge in [0.2, 0.25) is 0 Å². The van der Waals surface area contributed by atoms with Crippen LogP contribution in [0.25, 0.3) is 0 Å². The number of nitrogens with zero attached hydrogens (tertiary/aromatic N) is 1. The van der Waals surface area contributed by atoms with E-state index in [2.05, 4.69) is 6.58 Å². The number of hydrogen-bond acceptors (Lipinski definition) is 5. The summed E-state index contributed by atoms with van der Waals surface area (Å²) in [7, 11) is 2.47. The molecule has 1 aromatic carbocycles. The monoisotopic (exact) mass is 341 g/mol. The maximum atomic E-state index is 13.0. The Morgan fingerprint density at radius 3 is 1.96 bits per heavy atom. The molecular weight excluding hydrogens is 322 g/mol. The average Bonchev–Trinajstić information content (AvgIpc) is 3.09. The van der Waals surface area contributed by atoms with Crippen molar-refractivity contribution in [1.29, 1.82) is 0 Å². The molecule has 25 heavy (non-hydrogen) atoms. The Bertz CT molecular complexity index is 758. The molecule has 6 heteroatoms. The molecule has 0 aliphatic heterocycles. The van der Waals surface area contributed by atoms with Crippen LogP contribution in [-0.4, -0.2) is 36.5 Å². The highest BCUT2D eigenvalue weighted by Gasteiger charge is 2.30. The van der Waals surface area contributed by atoms with Crippen molar-refractivity contribution in [3.05, 3.63) is 72.1 Å². The predicted molar refractivity (Wildman–Crippen MR) is 91.7 cm³/mol. The van der Waals surface area contributed by atoms with Crippen molar-refractivity contribution in [1.82, 2.24) is 4.57 Å². The third kappa shape index (κ3) is 3.68. The van der Waals surface area contributed by atoms with Crippen LogP contribution in [0.15, 0.2) is 55.1 Å². The van der Waals surface area contributed by atoms with Crippen LogP contribution in [-0.2, 0) is 9.47 Å². The smallest absolute Gasteiger partial charge is 0.354 e. The molecule has 0 amide bonds. The van der Waals surface area contributed by atoms with Crippen molar-refractivity contribution in [3.63, 3.8) is 0 Å². The fourth-order valence-electron chi connectivity index (χ4n) is 2.61. The van der Waals surface area contributed by atoms with Gasteiger partial charge in [-0.15, -0.1) is 6.58 Å². The van der Waals surface area contributed by atoms with Gasteiger partial charge < -0.3 is 14.0 Å². The third-order valence-electron chi connectivity index (χ3n) is 3.77. The van der Waals surface area contributed by atoms with E-state index in [1.807, 2.05) is 0 Å². The van der Waals surface area contributed by atoms with E-state index in [9.17, 15) is 14.4 Å². The number of benzene rings is 1. The second-order valence-electron chi connectivity index (χ2n) is 5.23. The van der Waals surface area contributed by atoms with Gasteiger partial charge in [0.25, 0.3) is 0 Å². The number of hydrogen-bond donors (Lipinski definition) is 0. The van der Waals surface area contributed by atoms with E-state index in [0.29, 0.717) is 5.56 Å². The summed E-state index contributed by atoms with van der Waals surface area (Å²) in [6.45, 7) is 3.68. The summed E-state index contributed by atoms with van der Waals surface area (Å²) in [5, 5.41) is 0. The van der Waals surface area contributed by atoms with Crippen LogP contribution in [0.4, 0.5) is 0 Å². The summed E-state index contributed by atoms with van der Waals surface area (Å²) < 4.78 is 10.9. The van der Waals surface area contributed by atoms with Crippen molar-refractivity contribution in [2.24, 2.45) is 0 Å². The molecule has 6 nitrogen and oxygen atoms in total. The van der Waals surface area contributed by atoms with Gasteiger partial charge >= 0.3 is 11.9 Å². The molecule has 0 N–H and O–H groups in total. The number of methoxy groups -OCH3 is 2. The van der Waals surface area contributed by atoms with Crippen molar-refractivity contribution < 1.29 is 23.9 Å². The van der Waals surface area contributed by atoms with E-state index < -0.39 is 18.0 Å². The minimum Gasteiger partial charge on any atom is -0.464 e. The third-order valence-corrected chi connectivity index (χ3v) is 3.77. The molecule has 2 rings (SSSR count). The molecular formula is C19H19NO5. The molecule has 0 bridgehead atoms. The van der Waals surface area contributed by atoms with Crippen LogP contribution in [0, 0.1) is 0 Å². The number of esters is 2. The average molecular weight is 341 g/mol. The van der Waals surface area contributed by atoms with Crippen molar-refractivity contribution in [2.45, 2.75) is 12.5 Å². The largest absolute Gasteiger partial charge is 0.464 e. The highest BCUT2D eigenvalue weighted by Crippen LogP contribution is 2.25. The van der Waals surface area contributed by atoms with Crippen molar-refractivity contribution >= 4 is 17.7 Å². The standard InChI is InChI=1S/C19H19NO5/c1-4-8-14(17(21)13-9-6-5-7-10-13)20-15(18(22)24-2)11-12-16(20)19(23)25-3/h4-7,9-12,14H,1,8H2,2-3H3. The van der Waals surface area contributed by atoms with Crippen LogP contribution >= 0.6 is 0 Å². The fraction of sp³-hybridized carbons (Fsp3) is 0.211. The Labute approximate surface area is 145 Å². The summed E-state index contributed by atoms with van der Waals surface area (Å²) in [5.41, 5.74) is 0.660. The molecule has 0 aliphatic rings. The molecule has 1 aromatic heterocycles. The van der Waals surface area contributed by atoms with Crippen LogP contribution in [0.5, 0.6) is 0 Å². The zero-order valence-corrected chi connectivity index (χ0v) is 14.1. The van der Waals surface area contributed by atoms with Gasteiger partial charge in [0.1, 0.15) is 17.4 Å². The van der Waals surface area contributed by atoms with E-state index in [4.69, 9.17) is 9.47 Å². The number of rotatable bonds is 7. The topological polar surface area (TPSA) is 74.6 Å². The number of ether oxygens (including phenoxy) is 2. The van der Waals surface area contributed by atoms with E-state index in [0.717, 1.165) is 0 Å². The summed E-state index contributed by atoms with van der Waals surface area (Å²) >= 11 is 0. The molecule has 0 saturated carbocycles. The lowest BCUT2D eigenvalue weighted by atomic mass is 10.0. The van der Waals surface area contributed by atoms with E-state index in [-0.39, 0.29) is 23.6 Å². The van der Waals surface area contributed by atoms with Gasteiger partial charge in [0, 0.05) is 5.56 Å². The maximum Gasteiger partial charge on any atom is 0.354 e. The first-order valence-electron chi connectivity index (χ1n) is 7.63. The molecule has 2 aromatic rings. The molecule has 0 aliphatic carbocycles. The van der Waals surface area contributed by atoms with Gasteiger partial charge in [-0.25, -0.2) is 9.59 Å². The summed E-state index contributed by atoms with van der Waals surface area (Å²) in [4.78, 5) is 37.2. The number of Topliss-reactive ketones (excluding diaryl/α,β-unsaturated/α-hetero) is 1. The van der Waals surface area contributed by atoms with Crippen LogP contribution in [0.1, 0.15) is 43.8 Å². The van der Waals surface area contributed by atoms with E-state index >= 15 is 0 Å². The van der Waals surface area contributed by atoms with Gasteiger partial charge in [-0.3, -0.25) is 4.79 Å². The first-order chi connectivity index (χ1) is 12.0. The lowest BCUT2D eigenvalue weighted by Crippen LogP contribution is -2.26. The molecule has 1 atom stereocenters. The lowest BCUT2D eigenvalue weighted by Gasteiger charge is -2.21.